The fourth-order valence-corrected chi connectivity index (χ4v) is 2.23. The quantitative estimate of drug-likeness (QED) is 0.729. The van der Waals surface area contributed by atoms with Crippen molar-refractivity contribution in [2.24, 2.45) is 0 Å². The first kappa shape index (κ1) is 12.0. The predicted molar refractivity (Wildman–Crippen MR) is 62.6 cm³/mol. The van der Waals surface area contributed by atoms with Gasteiger partial charge in [0.2, 0.25) is 0 Å². The van der Waals surface area contributed by atoms with Gasteiger partial charge in [-0.15, -0.1) is 0 Å². The van der Waals surface area contributed by atoms with Crippen LogP contribution in [0, 0.1) is 0 Å². The molecule has 2 unspecified atom stereocenters. The van der Waals surface area contributed by atoms with Crippen LogP contribution in [-0.4, -0.2) is 37.1 Å². The molecule has 0 radical (unpaired) electrons. The number of piperidine rings is 1. The van der Waals surface area contributed by atoms with Crippen LogP contribution >= 0.6 is 0 Å². The SMILES string of the molecule is CNC(C)CCCN1CCCCC1C. The minimum Gasteiger partial charge on any atom is -0.317 e. The van der Waals surface area contributed by atoms with E-state index in [0.29, 0.717) is 6.04 Å². The highest BCUT2D eigenvalue weighted by Gasteiger charge is 2.17. The van der Waals surface area contributed by atoms with Gasteiger partial charge in [-0.2, -0.15) is 0 Å². The van der Waals surface area contributed by atoms with Crippen molar-refractivity contribution < 1.29 is 0 Å². The zero-order valence-electron chi connectivity index (χ0n) is 10.1. The zero-order chi connectivity index (χ0) is 10.4. The van der Waals surface area contributed by atoms with Gasteiger partial charge in [-0.1, -0.05) is 6.42 Å². The molecule has 1 heterocycles. The van der Waals surface area contributed by atoms with Gasteiger partial charge in [0.1, 0.15) is 0 Å². The summed E-state index contributed by atoms with van der Waals surface area (Å²) in [5.41, 5.74) is 0. The molecule has 2 nitrogen and oxygen atoms in total. The Morgan fingerprint density at radius 3 is 2.86 bits per heavy atom. The number of nitrogens with one attached hydrogen (secondary N) is 1. The lowest BCUT2D eigenvalue weighted by molar-refractivity contribution is 0.156. The van der Waals surface area contributed by atoms with Crippen LogP contribution in [0.5, 0.6) is 0 Å². The summed E-state index contributed by atoms with van der Waals surface area (Å²) in [4.78, 5) is 2.66. The number of nitrogens with zero attached hydrogens (tertiary/aromatic N) is 1. The van der Waals surface area contributed by atoms with Crippen molar-refractivity contribution in [3.63, 3.8) is 0 Å². The van der Waals surface area contributed by atoms with Crippen LogP contribution in [-0.2, 0) is 0 Å². The van der Waals surface area contributed by atoms with Crippen molar-refractivity contribution >= 4 is 0 Å². The molecule has 0 saturated carbocycles. The van der Waals surface area contributed by atoms with Gasteiger partial charge < -0.3 is 10.2 Å². The zero-order valence-corrected chi connectivity index (χ0v) is 10.1. The first-order valence-electron chi connectivity index (χ1n) is 6.15. The molecular weight excluding hydrogens is 172 g/mol. The maximum Gasteiger partial charge on any atom is 0.00669 e. The van der Waals surface area contributed by atoms with E-state index in [9.17, 15) is 0 Å². The molecule has 0 bridgehead atoms. The fraction of sp³-hybridized carbons (Fsp3) is 1.00. The third-order valence-corrected chi connectivity index (χ3v) is 3.52. The van der Waals surface area contributed by atoms with Gasteiger partial charge in [-0.3, -0.25) is 0 Å². The summed E-state index contributed by atoms with van der Waals surface area (Å²) in [6.45, 7) is 7.27. The van der Waals surface area contributed by atoms with Crippen molar-refractivity contribution in [3.8, 4) is 0 Å². The van der Waals surface area contributed by atoms with Crippen LogP contribution < -0.4 is 5.32 Å². The molecule has 2 atom stereocenters. The third kappa shape index (κ3) is 3.97. The lowest BCUT2D eigenvalue weighted by Gasteiger charge is -2.33. The second kappa shape index (κ2) is 6.41. The number of hydrogen-bond acceptors (Lipinski definition) is 2. The van der Waals surface area contributed by atoms with Crippen molar-refractivity contribution in [1.82, 2.24) is 10.2 Å². The summed E-state index contributed by atoms with van der Waals surface area (Å²) in [5.74, 6) is 0. The molecule has 1 N–H and O–H groups in total. The average molecular weight is 198 g/mol. The van der Waals surface area contributed by atoms with Crippen LogP contribution in [0.3, 0.4) is 0 Å². The number of hydrogen-bond donors (Lipinski definition) is 1. The van der Waals surface area contributed by atoms with Crippen LogP contribution in [0.4, 0.5) is 0 Å². The first-order valence-corrected chi connectivity index (χ1v) is 6.15. The molecule has 0 aromatic carbocycles. The third-order valence-electron chi connectivity index (χ3n) is 3.52. The fourth-order valence-electron chi connectivity index (χ4n) is 2.23. The molecule has 14 heavy (non-hydrogen) atoms. The second-order valence-electron chi connectivity index (χ2n) is 4.71. The van der Waals surface area contributed by atoms with E-state index in [1.54, 1.807) is 0 Å². The highest BCUT2D eigenvalue weighted by Crippen LogP contribution is 2.16. The topological polar surface area (TPSA) is 15.3 Å². The van der Waals surface area contributed by atoms with Crippen LogP contribution in [0.1, 0.15) is 46.0 Å². The molecule has 0 amide bonds. The molecule has 1 saturated heterocycles. The van der Waals surface area contributed by atoms with Gasteiger partial charge in [0.05, 0.1) is 0 Å². The van der Waals surface area contributed by atoms with Gasteiger partial charge >= 0.3 is 0 Å². The Morgan fingerprint density at radius 2 is 2.21 bits per heavy atom. The summed E-state index contributed by atoms with van der Waals surface area (Å²) < 4.78 is 0. The predicted octanol–water partition coefficient (Wildman–Crippen LogP) is 2.25. The molecule has 1 aliphatic heterocycles. The highest BCUT2D eigenvalue weighted by molar-refractivity contribution is 4.73. The largest absolute Gasteiger partial charge is 0.317 e. The Balaban J connectivity index is 2.10. The molecule has 1 aliphatic rings. The number of rotatable bonds is 5. The van der Waals surface area contributed by atoms with Gasteiger partial charge in [0.15, 0.2) is 0 Å². The van der Waals surface area contributed by atoms with Crippen molar-refractivity contribution in [1.29, 1.82) is 0 Å². The molecule has 0 aromatic rings. The molecule has 0 aliphatic carbocycles. The van der Waals surface area contributed by atoms with E-state index in [2.05, 4.69) is 24.1 Å². The Kier molecular flexibility index (Phi) is 5.49. The molecule has 2 heteroatoms. The van der Waals surface area contributed by atoms with Gasteiger partial charge in [0.25, 0.3) is 0 Å². The molecule has 1 fully saturated rings. The minimum absolute atomic E-state index is 0.676. The lowest BCUT2D eigenvalue weighted by atomic mass is 10.0. The smallest absolute Gasteiger partial charge is 0.00669 e. The normalized spacial score (nSPS) is 26.4. The molecular formula is C12H26N2. The lowest BCUT2D eigenvalue weighted by Crippen LogP contribution is -2.38. The monoisotopic (exact) mass is 198 g/mol. The summed E-state index contributed by atoms with van der Waals surface area (Å²) in [6, 6.07) is 1.50. The van der Waals surface area contributed by atoms with Crippen molar-refractivity contribution in [3.05, 3.63) is 0 Å². The average Bonchev–Trinajstić information content (AvgIpc) is 2.20. The van der Waals surface area contributed by atoms with Crippen LogP contribution in [0.25, 0.3) is 0 Å². The van der Waals surface area contributed by atoms with E-state index in [-0.39, 0.29) is 0 Å². The highest BCUT2D eigenvalue weighted by atomic mass is 15.2. The first-order chi connectivity index (χ1) is 6.74. The van der Waals surface area contributed by atoms with E-state index in [1.807, 2.05) is 7.05 Å². The van der Waals surface area contributed by atoms with E-state index in [4.69, 9.17) is 0 Å². The Hall–Kier alpha value is -0.0800. The van der Waals surface area contributed by atoms with Crippen molar-refractivity contribution in [2.75, 3.05) is 20.1 Å². The second-order valence-corrected chi connectivity index (χ2v) is 4.71. The Labute approximate surface area is 89.1 Å². The van der Waals surface area contributed by atoms with E-state index in [1.165, 1.54) is 45.2 Å². The summed E-state index contributed by atoms with van der Waals surface area (Å²) in [7, 11) is 2.05. The minimum atomic E-state index is 0.676. The van der Waals surface area contributed by atoms with Crippen molar-refractivity contribution in [2.45, 2.75) is 58.0 Å². The molecule has 0 aromatic heterocycles. The van der Waals surface area contributed by atoms with Gasteiger partial charge in [-0.05, 0) is 59.7 Å². The summed E-state index contributed by atoms with van der Waals surface area (Å²) in [5, 5.41) is 3.30. The maximum absolute atomic E-state index is 3.30. The molecule has 84 valence electrons. The Morgan fingerprint density at radius 1 is 1.43 bits per heavy atom. The van der Waals surface area contributed by atoms with Gasteiger partial charge in [0, 0.05) is 12.1 Å². The van der Waals surface area contributed by atoms with E-state index < -0.39 is 0 Å². The Bertz CT molecular complexity index is 147. The van der Waals surface area contributed by atoms with Crippen LogP contribution in [0.2, 0.25) is 0 Å². The molecule has 0 spiro atoms. The van der Waals surface area contributed by atoms with E-state index >= 15 is 0 Å². The molecule has 1 rings (SSSR count). The van der Waals surface area contributed by atoms with Gasteiger partial charge in [-0.25, -0.2) is 0 Å². The van der Waals surface area contributed by atoms with E-state index in [0.717, 1.165) is 6.04 Å². The van der Waals surface area contributed by atoms with Crippen LogP contribution in [0.15, 0.2) is 0 Å². The summed E-state index contributed by atoms with van der Waals surface area (Å²) in [6.07, 6.45) is 6.89. The summed E-state index contributed by atoms with van der Waals surface area (Å²) >= 11 is 0. The standard InChI is InChI=1S/C12H26N2/c1-11(13-3)7-6-10-14-9-5-4-8-12(14)2/h11-13H,4-10H2,1-3H3. The maximum atomic E-state index is 3.30. The number of likely N-dealkylation sites (tertiary alicyclic amines) is 1.